The van der Waals surface area contributed by atoms with Gasteiger partial charge in [-0.3, -0.25) is 9.78 Å². The predicted octanol–water partition coefficient (Wildman–Crippen LogP) is 0.970. The third kappa shape index (κ3) is 4.28. The summed E-state index contributed by atoms with van der Waals surface area (Å²) >= 11 is 0. The van der Waals surface area contributed by atoms with E-state index >= 15 is 0 Å². The molecule has 0 saturated carbocycles. The Bertz CT molecular complexity index is 542. The van der Waals surface area contributed by atoms with Crippen molar-refractivity contribution in [3.8, 4) is 11.8 Å². The van der Waals surface area contributed by atoms with Crippen molar-refractivity contribution in [2.24, 2.45) is 5.92 Å². The van der Waals surface area contributed by atoms with Gasteiger partial charge in [-0.1, -0.05) is 11.8 Å². The van der Waals surface area contributed by atoms with Gasteiger partial charge in [0.2, 0.25) is 0 Å². The molecule has 1 aliphatic heterocycles. The number of carbonyl (C=O) groups excluding carboxylic acids is 1. The Morgan fingerprint density at radius 1 is 1.67 bits per heavy atom. The fourth-order valence-electron chi connectivity index (χ4n) is 2.26. The molecule has 112 valence electrons. The second-order valence-electron chi connectivity index (χ2n) is 5.08. The zero-order valence-corrected chi connectivity index (χ0v) is 12.1. The summed E-state index contributed by atoms with van der Waals surface area (Å²) in [6, 6.07) is 1.72. The quantitative estimate of drug-likeness (QED) is 0.810. The van der Waals surface area contributed by atoms with Crippen LogP contribution in [0.5, 0.6) is 0 Å². The van der Waals surface area contributed by atoms with E-state index in [9.17, 15) is 4.79 Å². The maximum absolute atomic E-state index is 12.4. The van der Waals surface area contributed by atoms with E-state index in [1.807, 2.05) is 6.92 Å². The lowest BCUT2D eigenvalue weighted by Crippen LogP contribution is -2.38. The van der Waals surface area contributed by atoms with Crippen LogP contribution in [0.3, 0.4) is 0 Å². The van der Waals surface area contributed by atoms with Gasteiger partial charge in [0.15, 0.2) is 0 Å². The number of aliphatic hydroxyl groups is 1. The van der Waals surface area contributed by atoms with Crippen LogP contribution < -0.4 is 5.32 Å². The SMILES string of the molecule is CC(NC(=O)c1ccncc1C#CCCO)C1CCOC1. The largest absolute Gasteiger partial charge is 0.395 e. The molecule has 0 spiro atoms. The number of carbonyl (C=O) groups is 1. The minimum atomic E-state index is -0.148. The van der Waals surface area contributed by atoms with Crippen LogP contribution in [-0.2, 0) is 4.74 Å². The molecular formula is C16H20N2O3. The van der Waals surface area contributed by atoms with Crippen molar-refractivity contribution in [3.05, 3.63) is 29.6 Å². The number of rotatable bonds is 4. The minimum Gasteiger partial charge on any atom is -0.395 e. The van der Waals surface area contributed by atoms with Gasteiger partial charge < -0.3 is 15.2 Å². The molecule has 2 N–H and O–H groups in total. The molecule has 2 atom stereocenters. The molecule has 0 aliphatic carbocycles. The van der Waals surface area contributed by atoms with Crippen molar-refractivity contribution in [1.29, 1.82) is 0 Å². The number of pyridine rings is 1. The van der Waals surface area contributed by atoms with E-state index in [1.54, 1.807) is 18.5 Å². The Morgan fingerprint density at radius 3 is 3.24 bits per heavy atom. The van der Waals surface area contributed by atoms with Gasteiger partial charge in [-0.25, -0.2) is 0 Å². The number of aliphatic hydroxyl groups excluding tert-OH is 1. The third-order valence-electron chi connectivity index (χ3n) is 3.56. The van der Waals surface area contributed by atoms with Crippen LogP contribution in [0.2, 0.25) is 0 Å². The van der Waals surface area contributed by atoms with Crippen LogP contribution >= 0.6 is 0 Å². The molecule has 5 heteroatoms. The van der Waals surface area contributed by atoms with Crippen LogP contribution in [0.1, 0.15) is 35.7 Å². The smallest absolute Gasteiger partial charge is 0.252 e. The normalized spacial score (nSPS) is 18.7. The molecule has 1 aliphatic rings. The minimum absolute atomic E-state index is 0.00745. The number of hydrogen-bond donors (Lipinski definition) is 2. The van der Waals surface area contributed by atoms with Gasteiger partial charge in [0.1, 0.15) is 0 Å². The van der Waals surface area contributed by atoms with Crippen molar-refractivity contribution in [3.63, 3.8) is 0 Å². The van der Waals surface area contributed by atoms with Crippen molar-refractivity contribution < 1.29 is 14.6 Å². The highest BCUT2D eigenvalue weighted by atomic mass is 16.5. The summed E-state index contributed by atoms with van der Waals surface area (Å²) in [5.74, 6) is 5.91. The molecule has 0 aromatic carbocycles. The topological polar surface area (TPSA) is 71.5 Å². The highest BCUT2D eigenvalue weighted by molar-refractivity contribution is 5.96. The number of ether oxygens (including phenoxy) is 1. The van der Waals surface area contributed by atoms with E-state index in [2.05, 4.69) is 22.1 Å². The summed E-state index contributed by atoms with van der Waals surface area (Å²) in [6.07, 6.45) is 4.50. The van der Waals surface area contributed by atoms with Crippen LogP contribution in [0.15, 0.2) is 18.5 Å². The second-order valence-corrected chi connectivity index (χ2v) is 5.08. The number of amides is 1. The van der Waals surface area contributed by atoms with Crippen molar-refractivity contribution >= 4 is 5.91 Å². The van der Waals surface area contributed by atoms with Crippen LogP contribution in [-0.4, -0.2) is 41.9 Å². The molecule has 1 aromatic heterocycles. The molecule has 0 bridgehead atoms. The van der Waals surface area contributed by atoms with E-state index in [4.69, 9.17) is 9.84 Å². The first-order valence-corrected chi connectivity index (χ1v) is 7.14. The van der Waals surface area contributed by atoms with Gasteiger partial charge in [-0.15, -0.1) is 0 Å². The van der Waals surface area contributed by atoms with Crippen molar-refractivity contribution in [2.75, 3.05) is 19.8 Å². The van der Waals surface area contributed by atoms with Gasteiger partial charge in [0.05, 0.1) is 24.3 Å². The number of nitrogens with one attached hydrogen (secondary N) is 1. The third-order valence-corrected chi connectivity index (χ3v) is 3.56. The molecule has 1 aromatic rings. The Balaban J connectivity index is 2.06. The maximum Gasteiger partial charge on any atom is 0.252 e. The lowest BCUT2D eigenvalue weighted by atomic mass is 10.00. The maximum atomic E-state index is 12.4. The number of hydrogen-bond acceptors (Lipinski definition) is 4. The number of aromatic nitrogens is 1. The Labute approximate surface area is 124 Å². The molecule has 21 heavy (non-hydrogen) atoms. The molecule has 2 rings (SSSR count). The molecule has 5 nitrogen and oxygen atoms in total. The molecule has 2 unspecified atom stereocenters. The van der Waals surface area contributed by atoms with Gasteiger partial charge in [0.25, 0.3) is 5.91 Å². The zero-order valence-electron chi connectivity index (χ0n) is 12.1. The standard InChI is InChI=1S/C16H20N2O3/c1-12(14-6-9-21-11-14)18-16(20)15-5-7-17-10-13(15)4-2-3-8-19/h5,7,10,12,14,19H,3,6,8-9,11H2,1H3,(H,18,20). The fraction of sp³-hybridized carbons (Fsp3) is 0.500. The van der Waals surface area contributed by atoms with Crippen LogP contribution in [0.25, 0.3) is 0 Å². The summed E-state index contributed by atoms with van der Waals surface area (Å²) in [5, 5.41) is 11.8. The van der Waals surface area contributed by atoms with E-state index < -0.39 is 0 Å². The summed E-state index contributed by atoms with van der Waals surface area (Å²) in [6.45, 7) is 3.46. The highest BCUT2D eigenvalue weighted by Crippen LogP contribution is 2.17. The van der Waals surface area contributed by atoms with E-state index in [-0.39, 0.29) is 18.6 Å². The first-order chi connectivity index (χ1) is 10.2. The van der Waals surface area contributed by atoms with E-state index in [0.717, 1.165) is 13.0 Å². The highest BCUT2D eigenvalue weighted by Gasteiger charge is 2.24. The first-order valence-electron chi connectivity index (χ1n) is 7.14. The molecule has 1 amide bonds. The Morgan fingerprint density at radius 2 is 2.52 bits per heavy atom. The monoisotopic (exact) mass is 288 g/mol. The first kappa shape index (κ1) is 15.5. The number of nitrogens with zero attached hydrogens (tertiary/aromatic N) is 1. The lowest BCUT2D eigenvalue weighted by molar-refractivity contribution is 0.0922. The van der Waals surface area contributed by atoms with Gasteiger partial charge in [0, 0.05) is 37.4 Å². The zero-order chi connectivity index (χ0) is 15.1. The lowest BCUT2D eigenvalue weighted by Gasteiger charge is -2.19. The summed E-state index contributed by atoms with van der Waals surface area (Å²) < 4.78 is 5.35. The van der Waals surface area contributed by atoms with Crippen LogP contribution in [0.4, 0.5) is 0 Å². The Hall–Kier alpha value is -1.90. The average Bonchev–Trinajstić information content (AvgIpc) is 3.02. The van der Waals surface area contributed by atoms with Crippen molar-refractivity contribution in [1.82, 2.24) is 10.3 Å². The van der Waals surface area contributed by atoms with Gasteiger partial charge >= 0.3 is 0 Å². The molecular weight excluding hydrogens is 268 g/mol. The Kier molecular flexibility index (Phi) is 5.73. The second kappa shape index (κ2) is 7.77. The molecule has 0 radical (unpaired) electrons. The molecule has 1 saturated heterocycles. The van der Waals surface area contributed by atoms with Crippen molar-refractivity contribution in [2.45, 2.75) is 25.8 Å². The average molecular weight is 288 g/mol. The summed E-state index contributed by atoms with van der Waals surface area (Å²) in [4.78, 5) is 16.4. The molecule has 1 fully saturated rings. The van der Waals surface area contributed by atoms with Crippen LogP contribution in [0, 0.1) is 17.8 Å². The van der Waals surface area contributed by atoms with Gasteiger partial charge in [-0.2, -0.15) is 0 Å². The summed E-state index contributed by atoms with van der Waals surface area (Å²) in [7, 11) is 0. The predicted molar refractivity (Wildman–Crippen MR) is 78.7 cm³/mol. The van der Waals surface area contributed by atoms with E-state index in [1.165, 1.54) is 0 Å². The fourth-order valence-corrected chi connectivity index (χ4v) is 2.26. The molecule has 2 heterocycles. The van der Waals surface area contributed by atoms with Gasteiger partial charge in [-0.05, 0) is 19.4 Å². The summed E-state index contributed by atoms with van der Waals surface area (Å²) in [5.41, 5.74) is 1.10. The van der Waals surface area contributed by atoms with E-state index in [0.29, 0.717) is 30.1 Å².